The first kappa shape index (κ1) is 22.0. The van der Waals surface area contributed by atoms with Gasteiger partial charge in [-0.3, -0.25) is 9.97 Å². The summed E-state index contributed by atoms with van der Waals surface area (Å²) in [5.41, 5.74) is 3.22. The van der Waals surface area contributed by atoms with Crippen LogP contribution in [0.4, 0.5) is 0 Å². The Morgan fingerprint density at radius 2 is 1.76 bits per heavy atom. The Hall–Kier alpha value is -3.82. The van der Waals surface area contributed by atoms with Gasteiger partial charge in [-0.25, -0.2) is 17.4 Å². The van der Waals surface area contributed by atoms with Gasteiger partial charge in [-0.15, -0.1) is 0 Å². The van der Waals surface area contributed by atoms with Crippen molar-refractivity contribution in [3.05, 3.63) is 78.9 Å². The molecule has 172 valence electrons. The summed E-state index contributed by atoms with van der Waals surface area (Å²) >= 11 is 0. The van der Waals surface area contributed by atoms with E-state index in [1.807, 2.05) is 25.1 Å². The highest BCUT2D eigenvalue weighted by molar-refractivity contribution is 7.90. The number of hydrogen-bond donors (Lipinski definition) is 0. The maximum atomic E-state index is 13.7. The summed E-state index contributed by atoms with van der Waals surface area (Å²) < 4.78 is 39.5. The van der Waals surface area contributed by atoms with Crippen LogP contribution in [-0.2, 0) is 14.8 Å². The summed E-state index contributed by atoms with van der Waals surface area (Å²) in [7, 11) is -2.34. The molecule has 0 spiro atoms. The van der Waals surface area contributed by atoms with Crippen LogP contribution < -0.4 is 4.74 Å². The minimum Gasteiger partial charge on any atom is -0.490 e. The van der Waals surface area contributed by atoms with Crippen molar-refractivity contribution in [1.29, 1.82) is 0 Å². The van der Waals surface area contributed by atoms with Gasteiger partial charge in [0, 0.05) is 35.8 Å². The molecule has 0 N–H and O–H groups in total. The van der Waals surface area contributed by atoms with Crippen molar-refractivity contribution in [3.8, 4) is 17.0 Å². The van der Waals surface area contributed by atoms with Crippen molar-refractivity contribution in [2.75, 3.05) is 20.3 Å². The van der Waals surface area contributed by atoms with Crippen molar-refractivity contribution in [3.63, 3.8) is 0 Å². The first-order valence-corrected chi connectivity index (χ1v) is 12.1. The van der Waals surface area contributed by atoms with E-state index in [4.69, 9.17) is 9.47 Å². The second-order valence-corrected chi connectivity index (χ2v) is 9.58. The van der Waals surface area contributed by atoms with E-state index < -0.39 is 10.0 Å². The predicted molar refractivity (Wildman–Crippen MR) is 129 cm³/mol. The fraction of sp³-hybridized carbons (Fsp3) is 0.160. The fourth-order valence-corrected chi connectivity index (χ4v) is 5.26. The van der Waals surface area contributed by atoms with Gasteiger partial charge in [-0.05, 0) is 43.3 Å². The molecule has 34 heavy (non-hydrogen) atoms. The number of nitrogens with zero attached hydrogens (tertiary/aromatic N) is 4. The minimum absolute atomic E-state index is 0.176. The maximum Gasteiger partial charge on any atom is 0.269 e. The Bertz CT molecular complexity index is 1580. The molecule has 0 aliphatic heterocycles. The summed E-state index contributed by atoms with van der Waals surface area (Å²) in [6.45, 7) is 2.69. The fourth-order valence-electron chi connectivity index (χ4n) is 3.79. The highest BCUT2D eigenvalue weighted by Crippen LogP contribution is 2.34. The highest BCUT2D eigenvalue weighted by atomic mass is 32.2. The number of aromatic nitrogens is 4. The maximum absolute atomic E-state index is 13.7. The normalized spacial score (nSPS) is 11.8. The third-order valence-electron chi connectivity index (χ3n) is 5.50. The van der Waals surface area contributed by atoms with Gasteiger partial charge in [0.05, 0.1) is 35.1 Å². The van der Waals surface area contributed by atoms with Gasteiger partial charge in [0.2, 0.25) is 0 Å². The zero-order valence-electron chi connectivity index (χ0n) is 18.7. The van der Waals surface area contributed by atoms with Gasteiger partial charge in [0.15, 0.2) is 5.65 Å². The number of benzene rings is 1. The lowest BCUT2D eigenvalue weighted by atomic mass is 10.1. The molecule has 8 nitrogen and oxygen atoms in total. The summed E-state index contributed by atoms with van der Waals surface area (Å²) in [6, 6.07) is 14.1. The molecule has 4 aromatic heterocycles. The van der Waals surface area contributed by atoms with Crippen LogP contribution in [-0.4, -0.2) is 47.7 Å². The first-order valence-electron chi connectivity index (χ1n) is 10.6. The van der Waals surface area contributed by atoms with E-state index in [2.05, 4.69) is 15.0 Å². The molecule has 0 unspecified atom stereocenters. The molecule has 0 aliphatic carbocycles. The predicted octanol–water partition coefficient (Wildman–Crippen LogP) is 4.22. The third-order valence-corrected chi connectivity index (χ3v) is 7.22. The number of fused-ring (bicyclic) bond motifs is 3. The van der Waals surface area contributed by atoms with Crippen LogP contribution in [0, 0.1) is 6.92 Å². The van der Waals surface area contributed by atoms with Crippen LogP contribution in [0.3, 0.4) is 0 Å². The molecule has 5 aromatic rings. The molecular weight excluding hydrogens is 452 g/mol. The van der Waals surface area contributed by atoms with Crippen LogP contribution >= 0.6 is 0 Å². The SMILES string of the molecule is COCCOc1cnc2c(c1)c1cc(-c3cccnc3)ncc1n2S(=O)(=O)c1ccc(C)cc1. The van der Waals surface area contributed by atoms with Crippen LogP contribution in [0.25, 0.3) is 33.2 Å². The molecule has 0 saturated heterocycles. The zero-order valence-corrected chi connectivity index (χ0v) is 19.5. The number of methoxy groups -OCH3 is 1. The molecule has 0 bridgehead atoms. The van der Waals surface area contributed by atoms with Gasteiger partial charge in [0.25, 0.3) is 10.0 Å². The third kappa shape index (κ3) is 3.89. The van der Waals surface area contributed by atoms with E-state index in [0.717, 1.165) is 11.1 Å². The van der Waals surface area contributed by atoms with E-state index in [9.17, 15) is 8.42 Å². The summed E-state index contributed by atoms with van der Waals surface area (Å²) in [4.78, 5) is 13.4. The number of ether oxygens (including phenoxy) is 2. The average molecular weight is 475 g/mol. The molecule has 4 heterocycles. The molecular formula is C25H22N4O4S. The van der Waals surface area contributed by atoms with Gasteiger partial charge in [0.1, 0.15) is 12.4 Å². The van der Waals surface area contributed by atoms with Gasteiger partial charge in [-0.1, -0.05) is 17.7 Å². The van der Waals surface area contributed by atoms with Crippen LogP contribution in [0.5, 0.6) is 5.75 Å². The van der Waals surface area contributed by atoms with E-state index in [1.54, 1.807) is 56.0 Å². The van der Waals surface area contributed by atoms with Crippen molar-refractivity contribution < 1.29 is 17.9 Å². The molecule has 0 radical (unpaired) electrons. The topological polar surface area (TPSA) is 96.2 Å². The zero-order chi connectivity index (χ0) is 23.7. The monoisotopic (exact) mass is 474 g/mol. The average Bonchev–Trinajstić information content (AvgIpc) is 3.19. The van der Waals surface area contributed by atoms with Crippen LogP contribution in [0.2, 0.25) is 0 Å². The molecule has 0 saturated carbocycles. The smallest absolute Gasteiger partial charge is 0.269 e. The Balaban J connectivity index is 1.76. The Kier molecular flexibility index (Phi) is 5.72. The Morgan fingerprint density at radius 1 is 0.941 bits per heavy atom. The van der Waals surface area contributed by atoms with E-state index in [0.29, 0.717) is 46.6 Å². The van der Waals surface area contributed by atoms with Gasteiger partial charge >= 0.3 is 0 Å². The number of aryl methyl sites for hydroxylation is 1. The van der Waals surface area contributed by atoms with Crippen molar-refractivity contribution >= 4 is 32.0 Å². The second kappa shape index (κ2) is 8.85. The van der Waals surface area contributed by atoms with Crippen LogP contribution in [0.15, 0.2) is 78.2 Å². The largest absolute Gasteiger partial charge is 0.490 e. The Labute approximate surface area is 196 Å². The number of hydrogen-bond acceptors (Lipinski definition) is 7. The van der Waals surface area contributed by atoms with Crippen molar-refractivity contribution in [1.82, 2.24) is 18.9 Å². The van der Waals surface area contributed by atoms with Gasteiger partial charge < -0.3 is 9.47 Å². The molecule has 0 atom stereocenters. The summed E-state index contributed by atoms with van der Waals surface area (Å²) in [6.07, 6.45) is 6.49. The number of rotatable bonds is 7. The molecule has 0 aliphatic rings. The lowest BCUT2D eigenvalue weighted by Gasteiger charge is -2.09. The van der Waals surface area contributed by atoms with Gasteiger partial charge in [-0.2, -0.15) is 0 Å². The molecule has 5 rings (SSSR count). The molecule has 0 fully saturated rings. The second-order valence-electron chi connectivity index (χ2n) is 7.79. The Morgan fingerprint density at radius 3 is 2.50 bits per heavy atom. The van der Waals surface area contributed by atoms with E-state index in [1.165, 1.54) is 10.2 Å². The standard InChI is InChI=1S/C25H22N4O4S/c1-17-5-7-20(8-6-17)34(30,31)29-24-16-27-23(18-4-3-9-26-14-18)13-21(24)22-12-19(15-28-25(22)29)33-11-10-32-2/h3-9,12-16H,10-11H2,1-2H3. The van der Waals surface area contributed by atoms with E-state index >= 15 is 0 Å². The van der Waals surface area contributed by atoms with Crippen molar-refractivity contribution in [2.24, 2.45) is 0 Å². The number of pyridine rings is 3. The minimum atomic E-state index is -3.94. The van der Waals surface area contributed by atoms with E-state index in [-0.39, 0.29) is 4.90 Å². The molecule has 9 heteroatoms. The highest BCUT2D eigenvalue weighted by Gasteiger charge is 2.25. The summed E-state index contributed by atoms with van der Waals surface area (Å²) in [5.74, 6) is 0.524. The molecule has 0 amide bonds. The molecule has 1 aromatic carbocycles. The van der Waals surface area contributed by atoms with Crippen molar-refractivity contribution in [2.45, 2.75) is 11.8 Å². The summed E-state index contributed by atoms with van der Waals surface area (Å²) in [5, 5.41) is 1.34. The lowest BCUT2D eigenvalue weighted by Crippen LogP contribution is -2.13. The quantitative estimate of drug-likeness (QED) is 0.326. The lowest BCUT2D eigenvalue weighted by molar-refractivity contribution is 0.146. The first-order chi connectivity index (χ1) is 16.5. The van der Waals surface area contributed by atoms with Crippen LogP contribution in [0.1, 0.15) is 5.56 Å².